The van der Waals surface area contributed by atoms with Crippen molar-refractivity contribution in [3.8, 4) is 22.2 Å². The van der Waals surface area contributed by atoms with Gasteiger partial charge in [0, 0.05) is 17.8 Å². The van der Waals surface area contributed by atoms with Gasteiger partial charge in [0.25, 0.3) is 0 Å². The predicted octanol–water partition coefficient (Wildman–Crippen LogP) is 3.84. The molecule has 1 aliphatic carbocycles. The summed E-state index contributed by atoms with van der Waals surface area (Å²) in [4.78, 5) is 13.5. The van der Waals surface area contributed by atoms with Gasteiger partial charge >= 0.3 is 0 Å². The van der Waals surface area contributed by atoms with Crippen molar-refractivity contribution in [2.75, 3.05) is 24.3 Å². The Morgan fingerprint density at radius 1 is 1.21 bits per heavy atom. The number of aromatic nitrogens is 3. The fourth-order valence-corrected chi connectivity index (χ4v) is 4.57. The van der Waals surface area contributed by atoms with E-state index in [4.69, 9.17) is 9.47 Å². The van der Waals surface area contributed by atoms with Gasteiger partial charge in [-0.2, -0.15) is 0 Å². The van der Waals surface area contributed by atoms with Crippen LogP contribution in [-0.4, -0.2) is 39.6 Å². The van der Waals surface area contributed by atoms with Gasteiger partial charge < -0.3 is 14.8 Å². The second-order valence-electron chi connectivity index (χ2n) is 6.58. The Balaban J connectivity index is 1.26. The second-order valence-corrected chi connectivity index (χ2v) is 8.47. The van der Waals surface area contributed by atoms with Crippen LogP contribution in [0.25, 0.3) is 10.7 Å². The number of ether oxygens (including phenoxy) is 2. The minimum atomic E-state index is -0.0929. The lowest BCUT2D eigenvalue weighted by atomic mass is 10.2. The molecule has 144 valence electrons. The molecule has 1 amide bonds. The molecular weight excluding hydrogens is 396 g/mol. The summed E-state index contributed by atoms with van der Waals surface area (Å²) in [6, 6.07) is 9.93. The third kappa shape index (κ3) is 3.59. The first kappa shape index (κ1) is 17.6. The largest absolute Gasteiger partial charge is 0.486 e. The van der Waals surface area contributed by atoms with Crippen molar-refractivity contribution in [1.82, 2.24) is 14.8 Å². The van der Waals surface area contributed by atoms with E-state index in [1.54, 1.807) is 17.4 Å². The highest BCUT2D eigenvalue weighted by Gasteiger charge is 2.30. The number of benzene rings is 1. The van der Waals surface area contributed by atoms with Crippen LogP contribution in [-0.2, 0) is 4.79 Å². The third-order valence-corrected chi connectivity index (χ3v) is 6.29. The topological polar surface area (TPSA) is 78.3 Å². The van der Waals surface area contributed by atoms with E-state index >= 15 is 0 Å². The van der Waals surface area contributed by atoms with Gasteiger partial charge in [-0.1, -0.05) is 17.8 Å². The van der Waals surface area contributed by atoms with Crippen LogP contribution in [0.3, 0.4) is 0 Å². The Morgan fingerprint density at radius 3 is 2.86 bits per heavy atom. The predicted molar refractivity (Wildman–Crippen MR) is 108 cm³/mol. The van der Waals surface area contributed by atoms with E-state index in [-0.39, 0.29) is 11.7 Å². The van der Waals surface area contributed by atoms with Crippen LogP contribution in [0.2, 0.25) is 0 Å². The summed E-state index contributed by atoms with van der Waals surface area (Å²) < 4.78 is 13.2. The van der Waals surface area contributed by atoms with Crippen molar-refractivity contribution >= 4 is 34.7 Å². The molecule has 3 heterocycles. The van der Waals surface area contributed by atoms with Gasteiger partial charge in [-0.05, 0) is 36.4 Å². The standard InChI is InChI=1S/C19H18N4O3S2/c24-17(20-12-3-6-14-15(10-12)26-8-7-25-14)11-28-19-22-21-18(16-2-1-9-27-16)23(19)13-4-5-13/h1-3,6,9-10,13H,4-5,7-8,11H2,(H,20,24). The molecule has 3 aromatic rings. The molecule has 5 rings (SSSR count). The Hall–Kier alpha value is -2.52. The number of anilines is 1. The third-order valence-electron chi connectivity index (χ3n) is 4.48. The smallest absolute Gasteiger partial charge is 0.234 e. The lowest BCUT2D eigenvalue weighted by Crippen LogP contribution is -2.17. The first-order chi connectivity index (χ1) is 13.8. The van der Waals surface area contributed by atoms with Gasteiger partial charge in [-0.25, -0.2) is 0 Å². The lowest BCUT2D eigenvalue weighted by Gasteiger charge is -2.19. The van der Waals surface area contributed by atoms with Crippen molar-refractivity contribution in [3.05, 3.63) is 35.7 Å². The van der Waals surface area contributed by atoms with Crippen LogP contribution in [0.15, 0.2) is 40.9 Å². The number of fused-ring (bicyclic) bond motifs is 1. The zero-order valence-corrected chi connectivity index (χ0v) is 16.6. The zero-order chi connectivity index (χ0) is 18.9. The molecule has 0 radical (unpaired) electrons. The van der Waals surface area contributed by atoms with Crippen LogP contribution >= 0.6 is 23.1 Å². The second kappa shape index (κ2) is 7.48. The number of amides is 1. The van der Waals surface area contributed by atoms with Crippen LogP contribution in [0, 0.1) is 0 Å². The summed E-state index contributed by atoms with van der Waals surface area (Å²) in [5, 5.41) is 14.4. The van der Waals surface area contributed by atoms with Crippen molar-refractivity contribution in [2.45, 2.75) is 24.0 Å². The van der Waals surface area contributed by atoms with E-state index in [2.05, 4.69) is 26.1 Å². The lowest BCUT2D eigenvalue weighted by molar-refractivity contribution is -0.113. The molecule has 0 bridgehead atoms. The summed E-state index contributed by atoms with van der Waals surface area (Å²) in [5.74, 6) is 2.43. The van der Waals surface area contributed by atoms with E-state index in [0.717, 1.165) is 28.7 Å². The fourth-order valence-electron chi connectivity index (χ4n) is 3.06. The molecule has 1 N–H and O–H groups in total. The van der Waals surface area contributed by atoms with Gasteiger partial charge in [-0.15, -0.1) is 21.5 Å². The molecule has 0 saturated heterocycles. The summed E-state index contributed by atoms with van der Waals surface area (Å²) in [6.07, 6.45) is 2.26. The van der Waals surface area contributed by atoms with Crippen molar-refractivity contribution in [3.63, 3.8) is 0 Å². The molecule has 9 heteroatoms. The highest BCUT2D eigenvalue weighted by Crippen LogP contribution is 2.41. The average molecular weight is 415 g/mol. The summed E-state index contributed by atoms with van der Waals surface area (Å²) in [5.41, 5.74) is 0.692. The van der Waals surface area contributed by atoms with E-state index < -0.39 is 0 Å². The Morgan fingerprint density at radius 2 is 2.07 bits per heavy atom. The van der Waals surface area contributed by atoms with Crippen molar-refractivity contribution in [1.29, 1.82) is 0 Å². The summed E-state index contributed by atoms with van der Waals surface area (Å²) in [6.45, 7) is 1.06. The minimum absolute atomic E-state index is 0.0929. The molecule has 0 unspecified atom stereocenters. The van der Waals surface area contributed by atoms with Gasteiger partial charge in [0.1, 0.15) is 13.2 Å². The highest BCUT2D eigenvalue weighted by atomic mass is 32.2. The van der Waals surface area contributed by atoms with E-state index in [1.165, 1.54) is 11.8 Å². The number of hydrogen-bond acceptors (Lipinski definition) is 7. The number of thiophene rings is 1. The molecule has 0 atom stereocenters. The molecule has 0 spiro atoms. The number of nitrogens with zero attached hydrogens (tertiary/aromatic N) is 3. The minimum Gasteiger partial charge on any atom is -0.486 e. The van der Waals surface area contributed by atoms with Crippen molar-refractivity contribution in [2.24, 2.45) is 0 Å². The van der Waals surface area contributed by atoms with Crippen LogP contribution < -0.4 is 14.8 Å². The molecular formula is C19H18N4O3S2. The van der Waals surface area contributed by atoms with Crippen LogP contribution in [0.5, 0.6) is 11.5 Å². The summed E-state index contributed by atoms with van der Waals surface area (Å²) in [7, 11) is 0. The summed E-state index contributed by atoms with van der Waals surface area (Å²) >= 11 is 3.07. The van der Waals surface area contributed by atoms with Crippen LogP contribution in [0.1, 0.15) is 18.9 Å². The maximum absolute atomic E-state index is 12.4. The normalized spacial score (nSPS) is 15.4. The number of hydrogen-bond donors (Lipinski definition) is 1. The quantitative estimate of drug-likeness (QED) is 0.618. The number of carbonyl (C=O) groups is 1. The Kier molecular flexibility index (Phi) is 4.69. The first-order valence-corrected chi connectivity index (χ1v) is 11.0. The molecule has 1 aromatic carbocycles. The van der Waals surface area contributed by atoms with Gasteiger partial charge in [0.15, 0.2) is 22.5 Å². The van der Waals surface area contributed by atoms with E-state index in [9.17, 15) is 4.79 Å². The number of rotatable bonds is 6. The van der Waals surface area contributed by atoms with Gasteiger partial charge in [0.2, 0.25) is 5.91 Å². The molecule has 2 aliphatic rings. The molecule has 2 aromatic heterocycles. The van der Waals surface area contributed by atoms with Gasteiger partial charge in [-0.3, -0.25) is 9.36 Å². The molecule has 28 heavy (non-hydrogen) atoms. The molecule has 1 aliphatic heterocycles. The SMILES string of the molecule is O=C(CSc1nnc(-c2cccs2)n1C1CC1)Nc1ccc2c(c1)OCCO2. The van der Waals surface area contributed by atoms with Gasteiger partial charge in [0.05, 0.1) is 10.6 Å². The Labute approximate surface area is 170 Å². The number of nitrogens with one attached hydrogen (secondary N) is 1. The molecule has 1 fully saturated rings. The average Bonchev–Trinajstić information content (AvgIpc) is 3.24. The maximum atomic E-state index is 12.4. The first-order valence-electron chi connectivity index (χ1n) is 9.09. The van der Waals surface area contributed by atoms with Crippen LogP contribution in [0.4, 0.5) is 5.69 Å². The monoisotopic (exact) mass is 414 g/mol. The molecule has 1 saturated carbocycles. The number of thioether (sulfide) groups is 1. The fraction of sp³-hybridized carbons (Fsp3) is 0.316. The van der Waals surface area contributed by atoms with E-state index in [1.807, 2.05) is 23.6 Å². The highest BCUT2D eigenvalue weighted by molar-refractivity contribution is 7.99. The molecule has 7 nitrogen and oxygen atoms in total. The Bertz CT molecular complexity index is 999. The van der Waals surface area contributed by atoms with E-state index in [0.29, 0.717) is 36.4 Å². The van der Waals surface area contributed by atoms with Crippen molar-refractivity contribution < 1.29 is 14.3 Å². The zero-order valence-electron chi connectivity index (χ0n) is 15.0. The maximum Gasteiger partial charge on any atom is 0.234 e. The number of carbonyl (C=O) groups excluding carboxylic acids is 1.